The van der Waals surface area contributed by atoms with Gasteiger partial charge in [-0.05, 0) is 139 Å². The Morgan fingerprint density at radius 3 is 0.860 bits per heavy atom. The average molecular weight is 1150 g/mol. The SMILES string of the molecule is CCC(C(=O)NC1CCCCC1)N1C(=O)c2cc(Oc3ccc(C)cc3)c3c4c(Oc5ccc(C)cc5)cc5c6c(cc(Oc7ccc(C)cc7)c(c7c(Oc8ccc(C)cc8)cc(c2c37)C1=O)c64)C(=O)N(C(CC)C(=O)NC1CCCCC1)C5=O. The second-order valence-corrected chi connectivity index (χ2v) is 23.8. The van der Waals surface area contributed by atoms with E-state index in [0.717, 1.165) is 96.3 Å². The van der Waals surface area contributed by atoms with Crippen LogP contribution < -0.4 is 29.6 Å². The van der Waals surface area contributed by atoms with Gasteiger partial charge in [0.15, 0.2) is 0 Å². The van der Waals surface area contributed by atoms with Crippen molar-refractivity contribution in [2.45, 2.75) is 143 Å². The molecule has 86 heavy (non-hydrogen) atoms. The quantitative estimate of drug-likeness (QED) is 0.0539. The normalized spacial score (nSPS) is 16.3. The number of fused-ring (bicyclic) bond motifs is 2. The summed E-state index contributed by atoms with van der Waals surface area (Å²) >= 11 is 0. The van der Waals surface area contributed by atoms with Crippen molar-refractivity contribution in [2.75, 3.05) is 0 Å². The summed E-state index contributed by atoms with van der Waals surface area (Å²) in [4.78, 5) is 94.8. The highest BCUT2D eigenvalue weighted by Crippen LogP contribution is 2.58. The van der Waals surface area contributed by atoms with Crippen LogP contribution in [0, 0.1) is 27.7 Å². The third-order valence-electron chi connectivity index (χ3n) is 17.9. The lowest BCUT2D eigenvalue weighted by atomic mass is 9.80. The highest BCUT2D eigenvalue weighted by Gasteiger charge is 2.46. The Morgan fingerprint density at radius 1 is 0.384 bits per heavy atom. The van der Waals surface area contributed by atoms with E-state index >= 15 is 19.2 Å². The molecule has 2 aliphatic carbocycles. The fraction of sp³-hybridized carbons (Fsp3) is 0.306. The molecule has 0 saturated heterocycles. The van der Waals surface area contributed by atoms with E-state index in [0.29, 0.717) is 55.3 Å². The van der Waals surface area contributed by atoms with Gasteiger partial charge in [0.05, 0.1) is 22.3 Å². The molecule has 9 aromatic rings. The molecule has 2 unspecified atom stereocenters. The molecule has 2 aliphatic heterocycles. The molecule has 13 rings (SSSR count). The minimum Gasteiger partial charge on any atom is -0.457 e. The second kappa shape index (κ2) is 22.6. The highest BCUT2D eigenvalue weighted by molar-refractivity contribution is 6.45. The summed E-state index contributed by atoms with van der Waals surface area (Å²) in [6, 6.07) is 33.9. The molecule has 0 aromatic heterocycles. The van der Waals surface area contributed by atoms with Crippen molar-refractivity contribution >= 4 is 78.5 Å². The third kappa shape index (κ3) is 9.88. The van der Waals surface area contributed by atoms with Crippen molar-refractivity contribution in [3.05, 3.63) is 166 Å². The Bertz CT molecular complexity index is 3720. The molecule has 14 nitrogen and oxygen atoms in total. The molecule has 2 fully saturated rings. The summed E-state index contributed by atoms with van der Waals surface area (Å²) in [6.45, 7) is 11.5. The van der Waals surface area contributed by atoms with Gasteiger partial charge in [0.25, 0.3) is 23.6 Å². The number of amides is 6. The lowest BCUT2D eigenvalue weighted by Crippen LogP contribution is -2.55. The maximum Gasteiger partial charge on any atom is 0.262 e. The number of ether oxygens (including phenoxy) is 4. The van der Waals surface area contributed by atoms with Crippen LogP contribution in [-0.2, 0) is 9.59 Å². The first kappa shape index (κ1) is 55.9. The van der Waals surface area contributed by atoms with Crippen LogP contribution in [-0.4, -0.2) is 69.4 Å². The number of rotatable bonds is 16. The molecular weight excluding hydrogens is 1080 g/mol. The number of imide groups is 2. The fourth-order valence-corrected chi connectivity index (χ4v) is 13.4. The van der Waals surface area contributed by atoms with E-state index in [2.05, 4.69) is 10.6 Å². The average Bonchev–Trinajstić information content (AvgIpc) is 0.682. The van der Waals surface area contributed by atoms with Crippen LogP contribution in [0.15, 0.2) is 121 Å². The first-order valence-electron chi connectivity index (χ1n) is 30.4. The summed E-state index contributed by atoms with van der Waals surface area (Å²) in [7, 11) is 0. The number of carbonyl (C=O) groups excluding carboxylic acids is 6. The van der Waals surface area contributed by atoms with Crippen molar-refractivity contribution < 1.29 is 47.7 Å². The van der Waals surface area contributed by atoms with Gasteiger partial charge in [-0.3, -0.25) is 38.6 Å². The van der Waals surface area contributed by atoms with E-state index in [4.69, 9.17) is 18.9 Å². The predicted molar refractivity (Wildman–Crippen MR) is 332 cm³/mol. The fourth-order valence-electron chi connectivity index (χ4n) is 13.4. The minimum absolute atomic E-state index is 0.0905. The molecule has 14 heteroatoms. The Hall–Kier alpha value is -9.30. The van der Waals surface area contributed by atoms with Crippen molar-refractivity contribution in [3.8, 4) is 46.0 Å². The predicted octanol–water partition coefficient (Wildman–Crippen LogP) is 15.8. The van der Waals surface area contributed by atoms with Gasteiger partial charge in [0.2, 0.25) is 11.8 Å². The number of benzene rings is 9. The van der Waals surface area contributed by atoms with Gasteiger partial charge in [-0.25, -0.2) is 0 Å². The largest absolute Gasteiger partial charge is 0.457 e. The van der Waals surface area contributed by atoms with Gasteiger partial charge in [-0.15, -0.1) is 0 Å². The molecule has 2 heterocycles. The van der Waals surface area contributed by atoms with Crippen LogP contribution in [0.2, 0.25) is 0 Å². The first-order chi connectivity index (χ1) is 41.7. The number of carbonyl (C=O) groups is 6. The van der Waals surface area contributed by atoms with Gasteiger partial charge in [-0.1, -0.05) is 123 Å². The van der Waals surface area contributed by atoms with Gasteiger partial charge in [-0.2, -0.15) is 0 Å². The van der Waals surface area contributed by atoms with Crippen LogP contribution in [0.3, 0.4) is 0 Å². The zero-order valence-electron chi connectivity index (χ0n) is 49.3. The molecule has 0 spiro atoms. The molecule has 2 N–H and O–H groups in total. The standard InChI is InChI=1S/C72H68N4O10/c1-7-53(67(77)73-43-15-11-9-12-16-43)75-69(79)49-35-55(83-45-27-19-39(3)20-28-45)61-63-57(85-47-31-23-41(5)24-32-47)37-51-60-52(72(82)76(71(51)81)54(8-2)68(78)74-44-17-13-10-14-18-44)38-58(86-48-33-25-42(6)26-34-48)64(66(60)63)62-56(84-46-29-21-40(4)22-30-46)36-50(70(75)80)59(49)65(61)62/h19-38,43-44,53-54H,7-18H2,1-6H3,(H,73,77)(H,74,78). The summed E-state index contributed by atoms with van der Waals surface area (Å²) in [5, 5.41) is 9.13. The smallest absolute Gasteiger partial charge is 0.262 e. The number of hydrogen-bond acceptors (Lipinski definition) is 10. The molecule has 2 saturated carbocycles. The monoisotopic (exact) mass is 1150 g/mol. The van der Waals surface area contributed by atoms with E-state index in [9.17, 15) is 9.59 Å². The lowest BCUT2D eigenvalue weighted by molar-refractivity contribution is -0.126. The van der Waals surface area contributed by atoms with Crippen molar-refractivity contribution in [1.82, 2.24) is 20.4 Å². The number of nitrogens with zero attached hydrogens (tertiary/aromatic N) is 2. The molecule has 436 valence electrons. The van der Waals surface area contributed by atoms with E-state index in [1.807, 2.05) is 125 Å². The maximum absolute atomic E-state index is 15.9. The summed E-state index contributed by atoms with van der Waals surface area (Å²) in [5.74, 6) is -1.26. The van der Waals surface area contributed by atoms with Gasteiger partial charge in [0.1, 0.15) is 58.1 Å². The van der Waals surface area contributed by atoms with E-state index in [-0.39, 0.29) is 80.9 Å². The van der Waals surface area contributed by atoms with Crippen LogP contribution in [0.5, 0.6) is 46.0 Å². The third-order valence-corrected chi connectivity index (χ3v) is 17.9. The van der Waals surface area contributed by atoms with Crippen LogP contribution in [0.25, 0.3) is 43.1 Å². The van der Waals surface area contributed by atoms with Crippen LogP contribution in [0.1, 0.15) is 155 Å². The summed E-state index contributed by atoms with van der Waals surface area (Å²) in [5.41, 5.74) is 4.29. The highest BCUT2D eigenvalue weighted by atomic mass is 16.5. The van der Waals surface area contributed by atoms with E-state index in [1.54, 1.807) is 38.1 Å². The Kier molecular flexibility index (Phi) is 14.7. The van der Waals surface area contributed by atoms with Crippen LogP contribution in [0.4, 0.5) is 0 Å². The Balaban J connectivity index is 1.17. The molecule has 2 atom stereocenters. The van der Waals surface area contributed by atoms with Crippen molar-refractivity contribution in [2.24, 2.45) is 0 Å². The lowest BCUT2D eigenvalue weighted by Gasteiger charge is -2.36. The topological polar surface area (TPSA) is 170 Å². The first-order valence-corrected chi connectivity index (χ1v) is 30.4. The molecule has 4 aliphatic rings. The van der Waals surface area contributed by atoms with Gasteiger partial charge in [0, 0.05) is 55.2 Å². The van der Waals surface area contributed by atoms with Crippen LogP contribution >= 0.6 is 0 Å². The molecule has 9 aromatic carbocycles. The molecule has 6 amide bonds. The minimum atomic E-state index is -1.17. The number of aryl methyl sites for hydroxylation is 4. The van der Waals surface area contributed by atoms with E-state index in [1.165, 1.54) is 0 Å². The Labute approximate surface area is 499 Å². The maximum atomic E-state index is 15.9. The Morgan fingerprint density at radius 2 is 0.628 bits per heavy atom. The second-order valence-electron chi connectivity index (χ2n) is 23.8. The zero-order valence-corrected chi connectivity index (χ0v) is 49.3. The van der Waals surface area contributed by atoms with Gasteiger partial charge < -0.3 is 29.6 Å². The van der Waals surface area contributed by atoms with Gasteiger partial charge >= 0.3 is 0 Å². The molecular formula is C72H68N4O10. The van der Waals surface area contributed by atoms with E-state index < -0.39 is 47.5 Å². The summed E-state index contributed by atoms with van der Waals surface area (Å²) in [6.07, 6.45) is 9.52. The summed E-state index contributed by atoms with van der Waals surface area (Å²) < 4.78 is 28.5. The number of hydrogen-bond donors (Lipinski definition) is 2. The zero-order chi connectivity index (χ0) is 59.7. The van der Waals surface area contributed by atoms with Crippen molar-refractivity contribution in [3.63, 3.8) is 0 Å². The van der Waals surface area contributed by atoms with Crippen molar-refractivity contribution in [1.29, 1.82) is 0 Å². The molecule has 0 bridgehead atoms. The molecule has 0 radical (unpaired) electrons. The number of nitrogens with one attached hydrogen (secondary N) is 2.